The average Bonchev–Trinajstić information content (AvgIpc) is 4.37. The first-order chi connectivity index (χ1) is 38.2. The van der Waals surface area contributed by atoms with Crippen molar-refractivity contribution in [2.75, 3.05) is 0 Å². The second-order valence-electron chi connectivity index (χ2n) is 12.7. The molecule has 0 aromatic carbocycles. The van der Waals surface area contributed by atoms with Gasteiger partial charge in [-0.3, -0.25) is 14.6 Å². The minimum absolute atomic E-state index is 0.792. The lowest BCUT2D eigenvalue weighted by Crippen LogP contribution is -1.89. The Morgan fingerprint density at radius 3 is 1.01 bits per heavy atom. The quantitative estimate of drug-likeness (QED) is 0.127. The van der Waals surface area contributed by atoms with E-state index in [1.807, 2.05) is 217 Å². The molecule has 0 bridgehead atoms. The number of hydrogen-bond acceptors (Lipinski definition) is 21. The average molecular weight is 1140 g/mol. The molecule has 79 heavy (non-hydrogen) atoms. The highest BCUT2D eigenvalue weighted by Crippen LogP contribution is 2.05. The Hall–Kier alpha value is -7.74. The van der Waals surface area contributed by atoms with Crippen LogP contribution in [0, 0.1) is 76.2 Å². The summed E-state index contributed by atoms with van der Waals surface area (Å²) in [5.74, 6) is 0.792. The number of aromatic nitrogens is 23. The second-order valence-corrected chi connectivity index (χ2v) is 14.6. The first kappa shape index (κ1) is 85.2. The molecule has 0 amide bonds. The predicted octanol–water partition coefficient (Wildman–Crippen LogP) is 12.9. The summed E-state index contributed by atoms with van der Waals surface area (Å²) in [4.78, 5) is 11.8. The van der Waals surface area contributed by atoms with Gasteiger partial charge in [-0.05, 0) is 123 Å². The summed E-state index contributed by atoms with van der Waals surface area (Å²) in [5.41, 5.74) is 8.01. The normalized spacial score (nSPS) is 7.94. The number of nitrogens with zero attached hydrogens (tertiary/aromatic N) is 20. The van der Waals surface area contributed by atoms with E-state index in [0.717, 1.165) is 45.6 Å². The highest BCUT2D eigenvalue weighted by molar-refractivity contribution is 7.05. The molecule has 0 fully saturated rings. The van der Waals surface area contributed by atoms with Crippen LogP contribution in [-0.2, 0) is 14.1 Å². The van der Waals surface area contributed by atoms with Crippen LogP contribution in [0.15, 0.2) is 96.8 Å². The van der Waals surface area contributed by atoms with Crippen molar-refractivity contribution in [1.29, 1.82) is 0 Å². The van der Waals surface area contributed by atoms with Crippen molar-refractivity contribution in [3.8, 4) is 0 Å². The van der Waals surface area contributed by atoms with Crippen LogP contribution in [0.4, 0.5) is 0 Å². The maximum atomic E-state index is 4.60. The Kier molecular flexibility index (Phi) is 73.6. The fourth-order valence-electron chi connectivity index (χ4n) is 3.06. The highest BCUT2D eigenvalue weighted by atomic mass is 32.1. The van der Waals surface area contributed by atoms with E-state index in [1.54, 1.807) is 67.5 Å². The molecule has 0 radical (unpaired) electrons. The van der Waals surface area contributed by atoms with Crippen molar-refractivity contribution in [3.05, 3.63) is 153 Å². The van der Waals surface area contributed by atoms with E-state index in [2.05, 4.69) is 111 Å². The van der Waals surface area contributed by atoms with E-state index in [4.69, 9.17) is 0 Å². The fraction of sp³-hybridized carbons (Fsp3) is 0.509. The van der Waals surface area contributed by atoms with Gasteiger partial charge in [0.25, 0.3) is 0 Å². The number of nitrogens with one attached hydrogen (secondary N) is 3. The molecule has 0 aliphatic rings. The summed E-state index contributed by atoms with van der Waals surface area (Å²) >= 11 is 2.89. The molecule has 10 aromatic heterocycles. The van der Waals surface area contributed by atoms with Crippen LogP contribution >= 0.6 is 23.1 Å². The first-order valence-electron chi connectivity index (χ1n) is 26.3. The van der Waals surface area contributed by atoms with Crippen molar-refractivity contribution < 1.29 is 4.52 Å². The molecule has 10 heterocycles. The number of aromatic amines is 3. The molecule has 0 atom stereocenters. The monoisotopic (exact) mass is 1140 g/mol. The lowest BCUT2D eigenvalue weighted by Gasteiger charge is -1.82. The maximum absolute atomic E-state index is 4.60. The van der Waals surface area contributed by atoms with Crippen LogP contribution in [-0.4, -0.2) is 116 Å². The Labute approximate surface area is 481 Å². The van der Waals surface area contributed by atoms with E-state index in [1.165, 1.54) is 43.2 Å². The molecule has 0 unspecified atom stereocenters. The zero-order chi connectivity index (χ0) is 62.1. The smallest absolute Gasteiger partial charge is 0.156 e. The van der Waals surface area contributed by atoms with Gasteiger partial charge < -0.3 is 4.52 Å². The highest BCUT2D eigenvalue weighted by Gasteiger charge is 1.94. The van der Waals surface area contributed by atoms with Crippen LogP contribution in [0.3, 0.4) is 0 Å². The minimum atomic E-state index is 0.792. The summed E-state index contributed by atoms with van der Waals surface area (Å²) in [6.07, 6.45) is 17.1. The van der Waals surface area contributed by atoms with Crippen LogP contribution in [0.25, 0.3) is 0 Å². The third-order valence-corrected chi connectivity index (χ3v) is 8.40. The van der Waals surface area contributed by atoms with Gasteiger partial charge in [-0.2, -0.15) is 61.2 Å². The lowest BCUT2D eigenvalue weighted by molar-refractivity contribution is 0.373. The van der Waals surface area contributed by atoms with Crippen LogP contribution in [0.5, 0.6) is 0 Å². The van der Waals surface area contributed by atoms with Gasteiger partial charge in [0.2, 0.25) is 0 Å². The zero-order valence-electron chi connectivity index (χ0n) is 52.8. The Balaban J connectivity index is -0.000000142. The molecule has 10 aromatic rings. The summed E-state index contributed by atoms with van der Waals surface area (Å²) in [6, 6.07) is 9.80. The summed E-state index contributed by atoms with van der Waals surface area (Å²) in [6.45, 7) is 49.3. The molecule has 24 nitrogen and oxygen atoms in total. The molecule has 0 aliphatic heterocycles. The van der Waals surface area contributed by atoms with E-state index in [0.29, 0.717) is 0 Å². The molecule has 0 saturated heterocycles. The van der Waals surface area contributed by atoms with Gasteiger partial charge in [-0.25, -0.2) is 0 Å². The number of aryl methyl sites for hydroxylation is 13. The van der Waals surface area contributed by atoms with Crippen LogP contribution < -0.4 is 0 Å². The number of pyridine rings is 2. The van der Waals surface area contributed by atoms with E-state index in [-0.39, 0.29) is 0 Å². The van der Waals surface area contributed by atoms with Gasteiger partial charge in [-0.15, -0.1) is 20.4 Å². The second kappa shape index (κ2) is 68.3. The fourth-order valence-corrected chi connectivity index (χ4v) is 3.98. The van der Waals surface area contributed by atoms with Crippen molar-refractivity contribution in [2.24, 2.45) is 14.1 Å². The van der Waals surface area contributed by atoms with Crippen molar-refractivity contribution >= 4 is 23.1 Å². The molecule has 0 saturated carbocycles. The van der Waals surface area contributed by atoms with Crippen molar-refractivity contribution in [1.82, 2.24) is 116 Å². The summed E-state index contributed by atoms with van der Waals surface area (Å²) < 4.78 is 13.7. The molecule has 26 heteroatoms. The Bertz CT molecular complexity index is 2110. The number of H-pyrrole nitrogens is 3. The van der Waals surface area contributed by atoms with Gasteiger partial charge in [0.1, 0.15) is 5.69 Å². The lowest BCUT2D eigenvalue weighted by atomic mass is 10.3. The maximum Gasteiger partial charge on any atom is 0.156 e. The van der Waals surface area contributed by atoms with Gasteiger partial charge in [0.05, 0.1) is 65.7 Å². The SMILES string of the molecule is CC.CC.CC.CC.CC.CC.CC.Cc1ccccn1.Cc1cccnc1.Cc1cn[nH]n1.Cc1cn[nH]n1.Cc1cn[nH]n1.Cc1nnoc1C.Cc1nnsc1C.Cc1nnsc1C.Cn1ccnn1.Cn1nccn1. The molecular formula is C53H99N23OS2. The number of rotatable bonds is 0. The zero-order valence-corrected chi connectivity index (χ0v) is 54.5. The van der Waals surface area contributed by atoms with E-state index in [9.17, 15) is 0 Å². The summed E-state index contributed by atoms with van der Waals surface area (Å²) in [5, 5.41) is 58.1. The molecular weight excluding hydrogens is 1040 g/mol. The van der Waals surface area contributed by atoms with Gasteiger partial charge >= 0.3 is 0 Å². The Morgan fingerprint density at radius 2 is 0.899 bits per heavy atom. The van der Waals surface area contributed by atoms with Gasteiger partial charge in [0, 0.05) is 59.6 Å². The molecule has 0 spiro atoms. The third-order valence-electron chi connectivity index (χ3n) is 6.94. The van der Waals surface area contributed by atoms with E-state index >= 15 is 0 Å². The number of hydrogen-bond donors (Lipinski definition) is 3. The molecule has 3 N–H and O–H groups in total. The predicted molar refractivity (Wildman–Crippen MR) is 325 cm³/mol. The van der Waals surface area contributed by atoms with Crippen molar-refractivity contribution in [2.45, 2.75) is 173 Å². The molecule has 10 rings (SSSR count). The van der Waals surface area contributed by atoms with Gasteiger partial charge in [-0.1, -0.05) is 123 Å². The van der Waals surface area contributed by atoms with Crippen LogP contribution in [0.1, 0.15) is 158 Å². The van der Waals surface area contributed by atoms with Crippen molar-refractivity contribution in [3.63, 3.8) is 0 Å². The third kappa shape index (κ3) is 61.0. The van der Waals surface area contributed by atoms with E-state index < -0.39 is 0 Å². The molecule has 0 aliphatic carbocycles. The topological polar surface area (TPSA) is 302 Å². The standard InChI is InChI=1S/2C6H7N.C4H6N2O.2C4H6N2S.5C3H5N3.7C2H6/c1-6-3-2-4-7-5-6;1-6-4-2-3-5-7-6;3*1-3-4(2)7-6-5-3;1-6-3-2-4-5-6;1-6-4-2-3-5-6;3*1-3-2-4-6-5-3;7*1-2/h2*2-5H,1H3;3*1-2H3;2*2-3H,1H3;3*2H,1H3,(H,4,5,6);7*1-2H3. The molecule has 444 valence electrons. The first-order valence-corrected chi connectivity index (χ1v) is 27.8. The largest absolute Gasteiger partial charge is 0.342 e. The minimum Gasteiger partial charge on any atom is -0.342 e. The summed E-state index contributed by atoms with van der Waals surface area (Å²) in [7, 11) is 3.60. The Morgan fingerprint density at radius 1 is 0.456 bits per heavy atom. The van der Waals surface area contributed by atoms with Crippen LogP contribution in [0.2, 0.25) is 0 Å². The van der Waals surface area contributed by atoms with Gasteiger partial charge in [0.15, 0.2) is 5.76 Å².